The van der Waals surface area contributed by atoms with Crippen LogP contribution in [0, 0.1) is 5.92 Å². The SMILES string of the molecule is C=CCC(CC=C)C(=O)N(CCCN)Cc1ccccc1.Cl. The number of hydrogen-bond acceptors (Lipinski definition) is 2. The monoisotopic (exact) mass is 322 g/mol. The predicted molar refractivity (Wildman–Crippen MR) is 95.9 cm³/mol. The molecule has 0 aromatic heterocycles. The van der Waals surface area contributed by atoms with Crippen LogP contribution in [0.1, 0.15) is 24.8 Å². The largest absolute Gasteiger partial charge is 0.338 e. The first-order valence-electron chi connectivity index (χ1n) is 7.47. The highest BCUT2D eigenvalue weighted by Crippen LogP contribution is 2.16. The van der Waals surface area contributed by atoms with E-state index in [2.05, 4.69) is 13.2 Å². The highest BCUT2D eigenvalue weighted by atomic mass is 35.5. The number of benzene rings is 1. The van der Waals surface area contributed by atoms with Gasteiger partial charge in [-0.25, -0.2) is 0 Å². The Hall–Kier alpha value is -1.58. The molecule has 1 aromatic carbocycles. The van der Waals surface area contributed by atoms with Gasteiger partial charge in [0.15, 0.2) is 0 Å². The fourth-order valence-electron chi connectivity index (χ4n) is 2.31. The summed E-state index contributed by atoms with van der Waals surface area (Å²) in [7, 11) is 0. The first-order valence-corrected chi connectivity index (χ1v) is 7.47. The van der Waals surface area contributed by atoms with E-state index in [0.717, 1.165) is 12.0 Å². The molecule has 2 N–H and O–H groups in total. The van der Waals surface area contributed by atoms with Crippen LogP contribution in [0.3, 0.4) is 0 Å². The van der Waals surface area contributed by atoms with Crippen molar-refractivity contribution < 1.29 is 4.79 Å². The van der Waals surface area contributed by atoms with E-state index in [1.807, 2.05) is 35.2 Å². The summed E-state index contributed by atoms with van der Waals surface area (Å²) < 4.78 is 0. The van der Waals surface area contributed by atoms with Crippen molar-refractivity contribution in [3.8, 4) is 0 Å². The van der Waals surface area contributed by atoms with Gasteiger partial charge in [0.25, 0.3) is 0 Å². The van der Waals surface area contributed by atoms with Crippen LogP contribution in [0.5, 0.6) is 0 Å². The van der Waals surface area contributed by atoms with E-state index < -0.39 is 0 Å². The lowest BCUT2D eigenvalue weighted by atomic mass is 9.99. The third-order valence-electron chi connectivity index (χ3n) is 3.41. The lowest BCUT2D eigenvalue weighted by Gasteiger charge is -2.26. The highest BCUT2D eigenvalue weighted by molar-refractivity contribution is 5.85. The molecular weight excluding hydrogens is 296 g/mol. The van der Waals surface area contributed by atoms with E-state index in [4.69, 9.17) is 5.73 Å². The number of nitrogens with zero attached hydrogens (tertiary/aromatic N) is 1. The van der Waals surface area contributed by atoms with Crippen molar-refractivity contribution in [2.45, 2.75) is 25.8 Å². The second-order valence-electron chi connectivity index (χ2n) is 5.13. The van der Waals surface area contributed by atoms with Crippen molar-refractivity contribution in [1.29, 1.82) is 0 Å². The average molecular weight is 323 g/mol. The quantitative estimate of drug-likeness (QED) is 0.669. The van der Waals surface area contributed by atoms with Crippen LogP contribution in [0.25, 0.3) is 0 Å². The second kappa shape index (κ2) is 12.0. The Morgan fingerprint density at radius 2 is 1.77 bits per heavy atom. The number of carbonyl (C=O) groups excluding carboxylic acids is 1. The molecule has 1 amide bonds. The summed E-state index contributed by atoms with van der Waals surface area (Å²) in [6, 6.07) is 10.0. The Bertz CT molecular complexity index is 438. The molecule has 0 unspecified atom stereocenters. The first-order chi connectivity index (χ1) is 10.2. The van der Waals surface area contributed by atoms with Gasteiger partial charge in [0.2, 0.25) is 5.91 Å². The van der Waals surface area contributed by atoms with Gasteiger partial charge in [0, 0.05) is 19.0 Å². The van der Waals surface area contributed by atoms with Gasteiger partial charge in [-0.05, 0) is 31.4 Å². The molecule has 1 aromatic rings. The number of allylic oxidation sites excluding steroid dienone is 2. The Morgan fingerprint density at radius 1 is 1.18 bits per heavy atom. The van der Waals surface area contributed by atoms with Crippen LogP contribution in [-0.2, 0) is 11.3 Å². The van der Waals surface area contributed by atoms with Crippen molar-refractivity contribution in [1.82, 2.24) is 4.90 Å². The van der Waals surface area contributed by atoms with Gasteiger partial charge in [-0.2, -0.15) is 0 Å². The van der Waals surface area contributed by atoms with E-state index in [0.29, 0.717) is 32.5 Å². The standard InChI is InChI=1S/C18H26N2O.ClH/c1-3-9-17(10-4-2)18(21)20(14-8-13-19)15-16-11-6-5-7-12-16;/h3-7,11-12,17H,1-2,8-10,13-15,19H2;1H. The summed E-state index contributed by atoms with van der Waals surface area (Å²) in [6.07, 6.45) is 5.77. The van der Waals surface area contributed by atoms with Crippen LogP contribution < -0.4 is 5.73 Å². The fourth-order valence-corrected chi connectivity index (χ4v) is 2.31. The predicted octanol–water partition coefficient (Wildman–Crippen LogP) is 3.55. The van der Waals surface area contributed by atoms with Crippen LogP contribution >= 0.6 is 12.4 Å². The molecule has 0 saturated carbocycles. The van der Waals surface area contributed by atoms with E-state index in [9.17, 15) is 4.79 Å². The molecule has 0 heterocycles. The van der Waals surface area contributed by atoms with E-state index >= 15 is 0 Å². The van der Waals surface area contributed by atoms with Crippen LogP contribution in [0.4, 0.5) is 0 Å². The zero-order valence-electron chi connectivity index (χ0n) is 13.1. The molecule has 0 bridgehead atoms. The molecule has 0 atom stereocenters. The molecule has 0 saturated heterocycles. The maximum absolute atomic E-state index is 12.7. The molecule has 3 nitrogen and oxygen atoms in total. The van der Waals surface area contributed by atoms with Gasteiger partial charge in [0.1, 0.15) is 0 Å². The van der Waals surface area contributed by atoms with Crippen LogP contribution in [-0.4, -0.2) is 23.9 Å². The molecule has 4 heteroatoms. The molecule has 0 radical (unpaired) electrons. The van der Waals surface area contributed by atoms with Gasteiger partial charge >= 0.3 is 0 Å². The summed E-state index contributed by atoms with van der Waals surface area (Å²) in [5.74, 6) is 0.0913. The van der Waals surface area contributed by atoms with Gasteiger partial charge in [-0.15, -0.1) is 25.6 Å². The van der Waals surface area contributed by atoms with E-state index in [1.165, 1.54) is 0 Å². The molecule has 0 aliphatic carbocycles. The number of hydrogen-bond donors (Lipinski definition) is 1. The van der Waals surface area contributed by atoms with Crippen molar-refractivity contribution in [2.24, 2.45) is 11.7 Å². The zero-order chi connectivity index (χ0) is 15.5. The van der Waals surface area contributed by atoms with Gasteiger partial charge in [-0.3, -0.25) is 4.79 Å². The molecule has 122 valence electrons. The normalized spacial score (nSPS) is 9.91. The van der Waals surface area contributed by atoms with Crippen molar-refractivity contribution in [2.75, 3.05) is 13.1 Å². The molecule has 0 aliphatic heterocycles. The summed E-state index contributed by atoms with van der Waals surface area (Å²) in [4.78, 5) is 14.6. The lowest BCUT2D eigenvalue weighted by Crippen LogP contribution is -2.37. The Balaban J connectivity index is 0.00000441. The Labute approximate surface area is 140 Å². The molecule has 0 aliphatic rings. The van der Waals surface area contributed by atoms with Gasteiger partial charge in [0.05, 0.1) is 0 Å². The minimum atomic E-state index is -0.0681. The topological polar surface area (TPSA) is 46.3 Å². The fraction of sp³-hybridized carbons (Fsp3) is 0.389. The van der Waals surface area contributed by atoms with E-state index in [1.54, 1.807) is 12.2 Å². The third-order valence-corrected chi connectivity index (χ3v) is 3.41. The maximum Gasteiger partial charge on any atom is 0.226 e. The Kier molecular flexibility index (Phi) is 11.2. The van der Waals surface area contributed by atoms with Crippen LogP contribution in [0.15, 0.2) is 55.6 Å². The first kappa shape index (κ1) is 20.4. The molecule has 0 fully saturated rings. The van der Waals surface area contributed by atoms with Crippen molar-refractivity contribution in [3.63, 3.8) is 0 Å². The lowest BCUT2D eigenvalue weighted by molar-refractivity contribution is -0.136. The number of amides is 1. The van der Waals surface area contributed by atoms with Crippen LogP contribution in [0.2, 0.25) is 0 Å². The average Bonchev–Trinajstić information content (AvgIpc) is 2.51. The van der Waals surface area contributed by atoms with E-state index in [-0.39, 0.29) is 24.2 Å². The summed E-state index contributed by atoms with van der Waals surface area (Å²) in [6.45, 7) is 9.40. The van der Waals surface area contributed by atoms with Gasteiger partial charge < -0.3 is 10.6 Å². The molecule has 22 heavy (non-hydrogen) atoms. The number of halogens is 1. The number of rotatable bonds is 10. The smallest absolute Gasteiger partial charge is 0.226 e. The van der Waals surface area contributed by atoms with Crippen molar-refractivity contribution in [3.05, 3.63) is 61.2 Å². The van der Waals surface area contributed by atoms with Crippen molar-refractivity contribution >= 4 is 18.3 Å². The molecule has 1 rings (SSSR count). The highest BCUT2D eigenvalue weighted by Gasteiger charge is 2.22. The Morgan fingerprint density at radius 3 is 2.27 bits per heavy atom. The number of nitrogens with two attached hydrogens (primary N) is 1. The third kappa shape index (κ3) is 6.92. The van der Waals surface area contributed by atoms with Gasteiger partial charge in [-0.1, -0.05) is 42.5 Å². The maximum atomic E-state index is 12.7. The number of carbonyl (C=O) groups is 1. The summed E-state index contributed by atoms with van der Waals surface area (Å²) >= 11 is 0. The molecular formula is C18H27ClN2O. The zero-order valence-corrected chi connectivity index (χ0v) is 13.9. The second-order valence-corrected chi connectivity index (χ2v) is 5.13. The minimum absolute atomic E-state index is 0. The molecule has 0 spiro atoms. The summed E-state index contributed by atoms with van der Waals surface area (Å²) in [5.41, 5.74) is 6.73. The minimum Gasteiger partial charge on any atom is -0.338 e. The summed E-state index contributed by atoms with van der Waals surface area (Å²) in [5, 5.41) is 0.